The number of aryl methyl sites for hydroxylation is 1. The van der Waals surface area contributed by atoms with Crippen molar-refractivity contribution in [1.29, 1.82) is 0 Å². The van der Waals surface area contributed by atoms with Crippen LogP contribution in [-0.4, -0.2) is 48.4 Å². The summed E-state index contributed by atoms with van der Waals surface area (Å²) in [6.45, 7) is 4.20. The topological polar surface area (TPSA) is 90.1 Å². The Morgan fingerprint density at radius 3 is 2.57 bits per heavy atom. The Labute approximate surface area is 209 Å². The van der Waals surface area contributed by atoms with Crippen LogP contribution in [0.25, 0.3) is 0 Å². The molecule has 1 aromatic carbocycles. The summed E-state index contributed by atoms with van der Waals surface area (Å²) in [5.41, 5.74) is 3.55. The zero-order valence-electron chi connectivity index (χ0n) is 21.4. The van der Waals surface area contributed by atoms with Crippen LogP contribution in [0, 0.1) is 17.3 Å². The van der Waals surface area contributed by atoms with Crippen molar-refractivity contribution in [2.24, 2.45) is 17.3 Å². The summed E-state index contributed by atoms with van der Waals surface area (Å²) < 4.78 is 5.48. The van der Waals surface area contributed by atoms with Gasteiger partial charge in [0.1, 0.15) is 5.75 Å². The molecule has 5 atom stereocenters. The third-order valence-corrected chi connectivity index (χ3v) is 9.53. The van der Waals surface area contributed by atoms with E-state index in [0.717, 1.165) is 49.3 Å². The molecule has 3 aliphatic carbocycles. The number of ether oxygens (including phenoxy) is 1. The summed E-state index contributed by atoms with van der Waals surface area (Å²) >= 11 is 0. The highest BCUT2D eigenvalue weighted by atomic mass is 16.5. The summed E-state index contributed by atoms with van der Waals surface area (Å²) in [6, 6.07) is 7.42. The van der Waals surface area contributed by atoms with E-state index < -0.39 is 0 Å². The first kappa shape index (κ1) is 25.9. The molecular formula is C29H42N2O4. The first-order chi connectivity index (χ1) is 16.5. The number of imide groups is 1. The number of benzene rings is 1. The fraction of sp³-hybridized carbons (Fsp3) is 0.655. The molecule has 0 radical (unpaired) electrons. The lowest BCUT2D eigenvalue weighted by Gasteiger charge is -2.51. The van der Waals surface area contributed by atoms with Gasteiger partial charge in [0.25, 0.3) is 11.8 Å². The van der Waals surface area contributed by atoms with Crippen LogP contribution in [0.2, 0.25) is 0 Å². The lowest BCUT2D eigenvalue weighted by Crippen LogP contribution is -2.48. The highest BCUT2D eigenvalue weighted by molar-refractivity contribution is 6.12. The largest absolute Gasteiger partial charge is 0.497 e. The van der Waals surface area contributed by atoms with Crippen LogP contribution >= 0.6 is 0 Å². The van der Waals surface area contributed by atoms with E-state index in [1.165, 1.54) is 67.6 Å². The molecule has 4 aliphatic rings. The molecule has 2 saturated carbocycles. The molecule has 0 aromatic heterocycles. The average Bonchev–Trinajstić information content (AvgIpc) is 3.36. The molecule has 2 amide bonds. The Morgan fingerprint density at radius 1 is 1.03 bits per heavy atom. The van der Waals surface area contributed by atoms with E-state index in [4.69, 9.17) is 4.74 Å². The second kappa shape index (κ2) is 10.8. The van der Waals surface area contributed by atoms with Crippen LogP contribution in [-0.2, 0) is 16.0 Å². The Morgan fingerprint density at radius 2 is 1.80 bits per heavy atom. The summed E-state index contributed by atoms with van der Waals surface area (Å²) in [6.07, 6.45) is 14.9. The van der Waals surface area contributed by atoms with E-state index in [1.54, 1.807) is 12.7 Å². The predicted octanol–water partition coefficient (Wildman–Crippen LogP) is 4.17. The van der Waals surface area contributed by atoms with Crippen LogP contribution < -0.4 is 10.1 Å². The molecule has 3 N–H and O–H groups in total. The van der Waals surface area contributed by atoms with Gasteiger partial charge in [-0.15, -0.1) is 0 Å². The van der Waals surface area contributed by atoms with Crippen molar-refractivity contribution >= 4 is 11.8 Å². The number of amides is 2. The van der Waals surface area contributed by atoms with Crippen molar-refractivity contribution in [3.8, 4) is 5.75 Å². The lowest BCUT2D eigenvalue weighted by atomic mass is 9.55. The summed E-state index contributed by atoms with van der Waals surface area (Å²) in [5, 5.41) is 3.95. The molecule has 5 rings (SSSR count). The van der Waals surface area contributed by atoms with Gasteiger partial charge in [0, 0.05) is 24.7 Å². The SMILES string of the molecule is COc1ccc2c(c1)CC[C@@H]1[C@@H]2CC[C@]2(C)[C@@H](NCCCCCCN3C(=O)C=CC3=O)CC[C@@H]12.O. The van der Waals surface area contributed by atoms with Crippen LogP contribution in [0.1, 0.15) is 81.8 Å². The van der Waals surface area contributed by atoms with Crippen molar-refractivity contribution in [3.63, 3.8) is 0 Å². The van der Waals surface area contributed by atoms with Gasteiger partial charge < -0.3 is 15.5 Å². The van der Waals surface area contributed by atoms with Gasteiger partial charge in [-0.1, -0.05) is 25.8 Å². The van der Waals surface area contributed by atoms with Gasteiger partial charge >= 0.3 is 0 Å². The number of unbranched alkanes of at least 4 members (excludes halogenated alkanes) is 3. The zero-order chi connectivity index (χ0) is 23.7. The van der Waals surface area contributed by atoms with Crippen molar-refractivity contribution in [2.75, 3.05) is 20.2 Å². The van der Waals surface area contributed by atoms with Crippen LogP contribution in [0.3, 0.4) is 0 Å². The van der Waals surface area contributed by atoms with Gasteiger partial charge in [-0.3, -0.25) is 14.5 Å². The van der Waals surface area contributed by atoms with Gasteiger partial charge in [-0.2, -0.15) is 0 Å². The van der Waals surface area contributed by atoms with Crippen LogP contribution in [0.5, 0.6) is 5.75 Å². The van der Waals surface area contributed by atoms with E-state index in [-0.39, 0.29) is 17.3 Å². The number of nitrogens with zero attached hydrogens (tertiary/aromatic N) is 1. The lowest BCUT2D eigenvalue weighted by molar-refractivity contribution is -0.136. The maximum absolute atomic E-state index is 11.6. The van der Waals surface area contributed by atoms with E-state index in [9.17, 15) is 9.59 Å². The van der Waals surface area contributed by atoms with Gasteiger partial charge in [0.15, 0.2) is 0 Å². The van der Waals surface area contributed by atoms with Gasteiger partial charge in [-0.25, -0.2) is 0 Å². The predicted molar refractivity (Wildman–Crippen MR) is 137 cm³/mol. The van der Waals surface area contributed by atoms with E-state index in [1.807, 2.05) is 0 Å². The number of carbonyl (C=O) groups is 2. The molecule has 6 heteroatoms. The third kappa shape index (κ3) is 4.92. The van der Waals surface area contributed by atoms with E-state index in [0.29, 0.717) is 18.0 Å². The Balaban J connectivity index is 0.00000289. The number of methoxy groups -OCH3 is 1. The Hall–Kier alpha value is -2.18. The molecule has 2 fully saturated rings. The average molecular weight is 483 g/mol. The summed E-state index contributed by atoms with van der Waals surface area (Å²) in [4.78, 5) is 24.6. The summed E-state index contributed by atoms with van der Waals surface area (Å²) in [5.74, 6) is 3.08. The molecule has 1 heterocycles. The van der Waals surface area contributed by atoms with Gasteiger partial charge in [0.2, 0.25) is 0 Å². The van der Waals surface area contributed by atoms with Crippen molar-refractivity contribution in [1.82, 2.24) is 10.2 Å². The Kier molecular flexibility index (Phi) is 8.02. The molecular weight excluding hydrogens is 440 g/mol. The molecule has 0 saturated heterocycles. The van der Waals surface area contributed by atoms with Crippen molar-refractivity contribution in [2.45, 2.75) is 83.1 Å². The number of rotatable bonds is 9. The number of hydrogen-bond acceptors (Lipinski definition) is 4. The standard InChI is InChI=1S/C29H40N2O3.H2O/c1-29-16-15-23-22-10-8-21(34-2)19-20(22)7-9-24(23)25(29)11-12-26(29)30-17-5-3-4-6-18-31-27(32)13-14-28(31)33;/h8,10,13-14,19,23-26,30H,3-7,9,11-12,15-18H2,1-2H3;1H2/t23-,24-,25+,26+,29+;/m1./s1. The van der Waals surface area contributed by atoms with E-state index >= 15 is 0 Å². The smallest absolute Gasteiger partial charge is 0.253 e. The second-order valence-corrected chi connectivity index (χ2v) is 11.2. The molecule has 192 valence electrons. The molecule has 0 bridgehead atoms. The highest BCUT2D eigenvalue weighted by Crippen LogP contribution is 2.61. The minimum atomic E-state index is -0.161. The maximum atomic E-state index is 11.6. The highest BCUT2D eigenvalue weighted by Gasteiger charge is 2.54. The molecule has 35 heavy (non-hydrogen) atoms. The van der Waals surface area contributed by atoms with Gasteiger partial charge in [0.05, 0.1) is 7.11 Å². The minimum absolute atomic E-state index is 0. The number of carbonyl (C=O) groups excluding carboxylic acids is 2. The van der Waals surface area contributed by atoms with Crippen LogP contribution in [0.15, 0.2) is 30.4 Å². The normalized spacial score (nSPS) is 31.1. The Bertz CT molecular complexity index is 942. The monoisotopic (exact) mass is 482 g/mol. The first-order valence-electron chi connectivity index (χ1n) is 13.4. The van der Waals surface area contributed by atoms with Crippen molar-refractivity contribution in [3.05, 3.63) is 41.5 Å². The zero-order valence-corrected chi connectivity index (χ0v) is 21.4. The fourth-order valence-corrected chi connectivity index (χ4v) is 7.70. The number of hydrogen-bond donors (Lipinski definition) is 1. The number of fused-ring (bicyclic) bond motifs is 5. The number of nitrogens with one attached hydrogen (secondary N) is 1. The molecule has 6 nitrogen and oxygen atoms in total. The summed E-state index contributed by atoms with van der Waals surface area (Å²) in [7, 11) is 1.77. The van der Waals surface area contributed by atoms with E-state index in [2.05, 4.69) is 30.4 Å². The van der Waals surface area contributed by atoms with Gasteiger partial charge in [-0.05, 0) is 104 Å². The first-order valence-corrected chi connectivity index (χ1v) is 13.4. The maximum Gasteiger partial charge on any atom is 0.253 e. The third-order valence-electron chi connectivity index (χ3n) is 9.53. The van der Waals surface area contributed by atoms with Crippen molar-refractivity contribution < 1.29 is 19.8 Å². The molecule has 1 aromatic rings. The molecule has 1 aliphatic heterocycles. The fourth-order valence-electron chi connectivity index (χ4n) is 7.70. The molecule has 0 unspecified atom stereocenters. The van der Waals surface area contributed by atoms with Crippen LogP contribution in [0.4, 0.5) is 0 Å². The quantitative estimate of drug-likeness (QED) is 0.422. The molecule has 0 spiro atoms. The minimum Gasteiger partial charge on any atom is -0.497 e. The second-order valence-electron chi connectivity index (χ2n) is 11.2.